The lowest BCUT2D eigenvalue weighted by Crippen LogP contribution is -2.15. The van der Waals surface area contributed by atoms with Gasteiger partial charge in [-0.2, -0.15) is 0 Å². The molecule has 0 atom stereocenters. The third kappa shape index (κ3) is 4.18. The predicted octanol–water partition coefficient (Wildman–Crippen LogP) is 5.00. The first kappa shape index (κ1) is 17.9. The maximum atomic E-state index is 12.4. The number of rotatable bonds is 5. The number of halogens is 1. The lowest BCUT2D eigenvalue weighted by molar-refractivity contribution is 0.102. The van der Waals surface area contributed by atoms with Gasteiger partial charge in [0.15, 0.2) is 0 Å². The smallest absolute Gasteiger partial charge is 0.274 e. The molecule has 0 bridgehead atoms. The summed E-state index contributed by atoms with van der Waals surface area (Å²) in [5.74, 6) is 0.0611. The number of carbonyl (C=O) groups excluding carboxylic acids is 1. The highest BCUT2D eigenvalue weighted by atomic mass is 35.5. The van der Waals surface area contributed by atoms with E-state index < -0.39 is 0 Å². The van der Waals surface area contributed by atoms with E-state index in [2.05, 4.69) is 33.6 Å². The summed E-state index contributed by atoms with van der Waals surface area (Å²) in [5, 5.41) is 6.57. The second kappa shape index (κ2) is 7.97. The summed E-state index contributed by atoms with van der Waals surface area (Å²) in [6.45, 7) is 4.12. The highest BCUT2D eigenvalue weighted by molar-refractivity contribution is 6.30. The van der Waals surface area contributed by atoms with Crippen LogP contribution in [0.15, 0.2) is 54.7 Å². The van der Waals surface area contributed by atoms with Crippen LogP contribution in [0.3, 0.4) is 0 Å². The van der Waals surface area contributed by atoms with Gasteiger partial charge in [0.25, 0.3) is 5.91 Å². The van der Waals surface area contributed by atoms with Gasteiger partial charge in [-0.25, -0.2) is 9.97 Å². The van der Waals surface area contributed by atoms with E-state index in [9.17, 15) is 4.79 Å². The van der Waals surface area contributed by atoms with E-state index in [1.54, 1.807) is 36.5 Å². The van der Waals surface area contributed by atoms with E-state index in [1.165, 1.54) is 5.56 Å². The van der Waals surface area contributed by atoms with Crippen LogP contribution < -0.4 is 10.6 Å². The van der Waals surface area contributed by atoms with Gasteiger partial charge in [0.2, 0.25) is 5.95 Å². The Balaban J connectivity index is 1.81. The second-order valence-electron chi connectivity index (χ2n) is 5.82. The van der Waals surface area contributed by atoms with E-state index in [-0.39, 0.29) is 11.6 Å². The molecule has 1 heterocycles. The molecule has 5 nitrogen and oxygen atoms in total. The zero-order valence-electron chi connectivity index (χ0n) is 14.6. The molecule has 0 unspecified atom stereocenters. The molecule has 26 heavy (non-hydrogen) atoms. The lowest BCUT2D eigenvalue weighted by atomic mass is 10.1. The minimum Gasteiger partial charge on any atom is -0.324 e. The number of nitrogens with zero attached hydrogens (tertiary/aromatic N) is 2. The summed E-state index contributed by atoms with van der Waals surface area (Å²) in [6.07, 6.45) is 2.45. The van der Waals surface area contributed by atoms with E-state index >= 15 is 0 Å². The van der Waals surface area contributed by atoms with Crippen molar-refractivity contribution in [1.29, 1.82) is 0 Å². The molecule has 0 spiro atoms. The number of benzene rings is 2. The van der Waals surface area contributed by atoms with Gasteiger partial charge in [0.1, 0.15) is 5.69 Å². The number of carbonyl (C=O) groups is 1. The highest BCUT2D eigenvalue weighted by Crippen LogP contribution is 2.24. The average Bonchev–Trinajstić information content (AvgIpc) is 2.63. The molecule has 1 aromatic heterocycles. The van der Waals surface area contributed by atoms with Crippen molar-refractivity contribution in [3.63, 3.8) is 0 Å². The third-order valence-electron chi connectivity index (χ3n) is 3.95. The highest BCUT2D eigenvalue weighted by Gasteiger charge is 2.11. The fourth-order valence-corrected chi connectivity index (χ4v) is 2.81. The van der Waals surface area contributed by atoms with Gasteiger partial charge in [-0.3, -0.25) is 4.79 Å². The Labute approximate surface area is 157 Å². The van der Waals surface area contributed by atoms with Gasteiger partial charge in [0, 0.05) is 22.6 Å². The fourth-order valence-electron chi connectivity index (χ4n) is 2.62. The number of anilines is 3. The average molecular weight is 367 g/mol. The Hall–Kier alpha value is -2.92. The molecule has 0 aliphatic heterocycles. The molecule has 0 radical (unpaired) electrons. The number of hydrogen-bond acceptors (Lipinski definition) is 4. The van der Waals surface area contributed by atoms with Crippen LogP contribution >= 0.6 is 11.6 Å². The van der Waals surface area contributed by atoms with Crippen LogP contribution in [-0.2, 0) is 6.42 Å². The fraction of sp³-hybridized carbons (Fsp3) is 0.150. The van der Waals surface area contributed by atoms with Crippen molar-refractivity contribution in [3.05, 3.63) is 76.6 Å². The number of aryl methyl sites for hydroxylation is 2. The molecule has 0 saturated carbocycles. The molecule has 1 amide bonds. The van der Waals surface area contributed by atoms with Crippen molar-refractivity contribution >= 4 is 34.8 Å². The lowest BCUT2D eigenvalue weighted by Gasteiger charge is -2.13. The maximum Gasteiger partial charge on any atom is 0.274 e. The van der Waals surface area contributed by atoms with Crippen molar-refractivity contribution < 1.29 is 4.79 Å². The SMILES string of the molecule is CCc1cccc(C)c1Nc1nccc(C(=O)Nc2cccc(Cl)c2)n1. The van der Waals surface area contributed by atoms with Crippen molar-refractivity contribution in [2.75, 3.05) is 10.6 Å². The summed E-state index contributed by atoms with van der Waals surface area (Å²) >= 11 is 5.95. The van der Waals surface area contributed by atoms with Crippen LogP contribution in [-0.4, -0.2) is 15.9 Å². The third-order valence-corrected chi connectivity index (χ3v) is 4.18. The van der Waals surface area contributed by atoms with Crippen molar-refractivity contribution in [1.82, 2.24) is 9.97 Å². The molecule has 2 aromatic carbocycles. The Morgan fingerprint density at radius 1 is 1.15 bits per heavy atom. The van der Waals surface area contributed by atoms with E-state index in [4.69, 9.17) is 11.6 Å². The van der Waals surface area contributed by atoms with Crippen LogP contribution in [0.1, 0.15) is 28.5 Å². The van der Waals surface area contributed by atoms with Crippen molar-refractivity contribution in [2.24, 2.45) is 0 Å². The van der Waals surface area contributed by atoms with Crippen LogP contribution in [0.2, 0.25) is 5.02 Å². The normalized spacial score (nSPS) is 10.4. The van der Waals surface area contributed by atoms with Crippen LogP contribution in [0, 0.1) is 6.92 Å². The Morgan fingerprint density at radius 3 is 2.73 bits per heavy atom. The molecular weight excluding hydrogens is 348 g/mol. The standard InChI is InChI=1S/C20H19ClN4O/c1-3-14-7-4-6-13(2)18(14)25-20-22-11-10-17(24-20)19(26)23-16-9-5-8-15(21)12-16/h4-12H,3H2,1-2H3,(H,23,26)(H,22,24,25). The number of hydrogen-bond donors (Lipinski definition) is 2. The Kier molecular flexibility index (Phi) is 5.49. The number of amides is 1. The zero-order chi connectivity index (χ0) is 18.5. The van der Waals surface area contributed by atoms with Crippen LogP contribution in [0.5, 0.6) is 0 Å². The van der Waals surface area contributed by atoms with Gasteiger partial charge < -0.3 is 10.6 Å². The quantitative estimate of drug-likeness (QED) is 0.667. The summed E-state index contributed by atoms with van der Waals surface area (Å²) in [4.78, 5) is 21.0. The molecule has 6 heteroatoms. The Morgan fingerprint density at radius 2 is 1.96 bits per heavy atom. The monoisotopic (exact) mass is 366 g/mol. The minimum atomic E-state index is -0.321. The predicted molar refractivity (Wildman–Crippen MR) is 105 cm³/mol. The Bertz CT molecular complexity index is 943. The topological polar surface area (TPSA) is 66.9 Å². The molecule has 0 saturated heterocycles. The summed E-state index contributed by atoms with van der Waals surface area (Å²) < 4.78 is 0. The summed E-state index contributed by atoms with van der Waals surface area (Å²) in [5.41, 5.74) is 4.13. The van der Waals surface area contributed by atoms with Gasteiger partial charge in [-0.1, -0.05) is 42.8 Å². The van der Waals surface area contributed by atoms with Crippen molar-refractivity contribution in [3.8, 4) is 0 Å². The molecule has 3 aromatic rings. The largest absolute Gasteiger partial charge is 0.324 e. The molecule has 0 fully saturated rings. The van der Waals surface area contributed by atoms with Gasteiger partial charge in [-0.15, -0.1) is 0 Å². The van der Waals surface area contributed by atoms with E-state index in [0.29, 0.717) is 16.7 Å². The van der Waals surface area contributed by atoms with Gasteiger partial charge in [-0.05, 0) is 48.7 Å². The summed E-state index contributed by atoms with van der Waals surface area (Å²) in [6, 6.07) is 14.7. The van der Waals surface area contributed by atoms with Gasteiger partial charge >= 0.3 is 0 Å². The zero-order valence-corrected chi connectivity index (χ0v) is 15.3. The first-order chi connectivity index (χ1) is 12.6. The molecule has 0 aliphatic rings. The molecular formula is C20H19ClN4O. The van der Waals surface area contributed by atoms with Crippen molar-refractivity contribution in [2.45, 2.75) is 20.3 Å². The number of aromatic nitrogens is 2. The molecule has 3 rings (SSSR count). The molecule has 2 N–H and O–H groups in total. The van der Waals surface area contributed by atoms with E-state index in [1.807, 2.05) is 19.1 Å². The summed E-state index contributed by atoms with van der Waals surface area (Å²) in [7, 11) is 0. The van der Waals surface area contributed by atoms with E-state index in [0.717, 1.165) is 17.7 Å². The minimum absolute atomic E-state index is 0.272. The maximum absolute atomic E-state index is 12.4. The second-order valence-corrected chi connectivity index (χ2v) is 6.25. The molecule has 132 valence electrons. The first-order valence-corrected chi connectivity index (χ1v) is 8.70. The van der Waals surface area contributed by atoms with Crippen LogP contribution in [0.25, 0.3) is 0 Å². The first-order valence-electron chi connectivity index (χ1n) is 8.32. The molecule has 0 aliphatic carbocycles. The van der Waals surface area contributed by atoms with Gasteiger partial charge in [0.05, 0.1) is 0 Å². The number of para-hydroxylation sites is 1. The van der Waals surface area contributed by atoms with Crippen LogP contribution in [0.4, 0.5) is 17.3 Å². The number of nitrogens with one attached hydrogen (secondary N) is 2.